The van der Waals surface area contributed by atoms with E-state index >= 15 is 0 Å². The second-order valence-electron chi connectivity index (χ2n) is 30.1. The highest BCUT2D eigenvalue weighted by molar-refractivity contribution is 7.27. The first-order valence-electron chi connectivity index (χ1n) is 39.3. The Balaban J connectivity index is 0.000000133. The molecule has 0 spiro atoms. The number of para-hydroxylation sites is 6. The zero-order valence-electron chi connectivity index (χ0n) is 62.1. The van der Waals surface area contributed by atoms with E-state index in [2.05, 4.69) is 419 Å². The highest BCUT2D eigenvalue weighted by Gasteiger charge is 2.25. The van der Waals surface area contributed by atoms with Gasteiger partial charge in [-0.25, -0.2) is 0 Å². The van der Waals surface area contributed by atoms with Crippen molar-refractivity contribution in [2.75, 3.05) is 0 Å². The number of fused-ring (bicyclic) bond motifs is 21. The van der Waals surface area contributed by atoms with Gasteiger partial charge in [0.2, 0.25) is 0 Å². The van der Waals surface area contributed by atoms with Crippen LogP contribution in [0.2, 0.25) is 0 Å². The molecule has 115 heavy (non-hydrogen) atoms. The van der Waals surface area contributed by atoms with E-state index in [1.165, 1.54) is 220 Å². The molecule has 0 atom stereocenters. The molecule has 0 unspecified atom stereocenters. The molecule has 536 valence electrons. The van der Waals surface area contributed by atoms with Crippen molar-refractivity contribution in [3.63, 3.8) is 0 Å². The van der Waals surface area contributed by atoms with E-state index < -0.39 is 0 Å². The Morgan fingerprint density at radius 2 is 0.470 bits per heavy atom. The highest BCUT2D eigenvalue weighted by atomic mass is 32.1. The molecule has 7 heterocycles. The Hall–Kier alpha value is -14.2. The summed E-state index contributed by atoms with van der Waals surface area (Å²) in [4.78, 5) is 0. The van der Waals surface area contributed by atoms with Crippen LogP contribution in [0.25, 0.3) is 226 Å². The Morgan fingerprint density at radius 3 is 0.974 bits per heavy atom. The Labute approximate surface area is 673 Å². The van der Waals surface area contributed by atoms with Crippen molar-refractivity contribution >= 4 is 182 Å². The molecule has 18 aromatic carbocycles. The van der Waals surface area contributed by atoms with E-state index in [0.717, 1.165) is 5.69 Å². The lowest BCUT2D eigenvalue weighted by Crippen LogP contribution is -1.95. The lowest BCUT2D eigenvalue weighted by molar-refractivity contribution is 1.18. The number of nitrogens with zero attached hydrogens (tertiary/aromatic N) is 4. The average Bonchev–Trinajstić information content (AvgIpc) is 1.57. The number of rotatable bonds is 9. The number of hydrogen-bond donors (Lipinski definition) is 0. The lowest BCUT2D eigenvalue weighted by atomic mass is 9.97. The molecular weight excluding hydrogens is 1450 g/mol. The van der Waals surface area contributed by atoms with Crippen molar-refractivity contribution in [3.8, 4) is 78.4 Å². The van der Waals surface area contributed by atoms with Crippen molar-refractivity contribution in [2.45, 2.75) is 0 Å². The third-order valence-electron chi connectivity index (χ3n) is 23.8. The van der Waals surface area contributed by atoms with Gasteiger partial charge in [-0.2, -0.15) is 0 Å². The minimum Gasteiger partial charge on any atom is -0.309 e. The van der Waals surface area contributed by atoms with Crippen LogP contribution in [-0.2, 0) is 0 Å². The quantitative estimate of drug-likeness (QED) is 0.137. The topological polar surface area (TPSA) is 19.7 Å². The predicted molar refractivity (Wildman–Crippen MR) is 496 cm³/mol. The second kappa shape index (κ2) is 26.2. The molecule has 0 amide bonds. The fraction of sp³-hybridized carbons (Fsp3) is 0. The Morgan fingerprint density at radius 1 is 0.148 bits per heavy atom. The molecule has 4 nitrogen and oxygen atoms in total. The average molecular weight is 1520 g/mol. The van der Waals surface area contributed by atoms with Crippen LogP contribution in [0.4, 0.5) is 0 Å². The molecule has 0 saturated heterocycles. The molecule has 25 rings (SSSR count). The minimum absolute atomic E-state index is 1.16. The fourth-order valence-corrected chi connectivity index (χ4v) is 22.5. The van der Waals surface area contributed by atoms with Gasteiger partial charge in [-0.1, -0.05) is 267 Å². The van der Waals surface area contributed by atoms with E-state index in [4.69, 9.17) is 0 Å². The van der Waals surface area contributed by atoms with E-state index in [1.807, 2.05) is 34.0 Å². The SMILES string of the molecule is c1ccc(-c2cccc(-c3cc(-n4c5ccccc5c5c(-c6ccc7c(c6)c6ccccc6n7-c6ccccc6)cccc54)cc4c3sc3ccccc34)c2)cc1.c1ccc(-n2c3ccccc3c3cc(-c4cccc5c4c4ccccc4n5-c4cc(-c5cccc6c5sc5ccccc56)c5sc6ccccc6c5c4)ccc32)cc1. The van der Waals surface area contributed by atoms with Gasteiger partial charge in [-0.05, 0) is 172 Å². The number of benzene rings is 18. The van der Waals surface area contributed by atoms with Gasteiger partial charge >= 0.3 is 0 Å². The summed E-state index contributed by atoms with van der Waals surface area (Å²) >= 11 is 5.70. The van der Waals surface area contributed by atoms with Crippen LogP contribution in [0.5, 0.6) is 0 Å². The zero-order valence-corrected chi connectivity index (χ0v) is 64.6. The van der Waals surface area contributed by atoms with Crippen LogP contribution in [0.1, 0.15) is 0 Å². The third-order valence-corrected chi connectivity index (χ3v) is 27.5. The van der Waals surface area contributed by atoms with Gasteiger partial charge in [0.05, 0.1) is 44.1 Å². The van der Waals surface area contributed by atoms with Crippen molar-refractivity contribution in [3.05, 3.63) is 400 Å². The first kappa shape index (κ1) is 65.5. The summed E-state index contributed by atoms with van der Waals surface area (Å²) in [6, 6.07) is 147. The van der Waals surface area contributed by atoms with Crippen LogP contribution in [0.3, 0.4) is 0 Å². The maximum atomic E-state index is 2.51. The molecule has 7 heteroatoms. The van der Waals surface area contributed by atoms with Crippen LogP contribution in [0, 0.1) is 0 Å². The second-order valence-corrected chi connectivity index (χ2v) is 33.3. The van der Waals surface area contributed by atoms with Gasteiger partial charge in [0.1, 0.15) is 0 Å². The summed E-state index contributed by atoms with van der Waals surface area (Å²) in [7, 11) is 0. The predicted octanol–water partition coefficient (Wildman–Crippen LogP) is 31.2. The molecule has 0 aliphatic heterocycles. The number of aromatic nitrogens is 4. The molecule has 0 bridgehead atoms. The van der Waals surface area contributed by atoms with Crippen LogP contribution in [-0.4, -0.2) is 18.3 Å². The standard InChI is InChI=1S/C54H32N2S2.C54H34N2S/c1-2-14-34(15-3-1)55-46-23-8-4-16-37(46)43-30-33(28-29-48(43)55)36-20-13-25-49-52(36)42-19-5-9-24-47(42)56(49)35-31-44-39-18-7-11-27-51(39)58-54(44)45(32-35)41-22-12-21-40-38-17-6-10-26-50(38)57-53(40)41;1-3-15-35(16-4-1)36-17-13-18-37(31-36)45-33-40(34-47-43-22-9-12-28-52(43)57-54(45)47)56-49-26-11-8-23-44(49)53-41(24-14-27-51(53)56)38-29-30-50-46(32-38)42-21-7-10-25-48(42)55(50)39-19-5-2-6-20-39/h1-32H;1-34H. The molecule has 0 N–H and O–H groups in total. The van der Waals surface area contributed by atoms with Crippen LogP contribution >= 0.6 is 34.0 Å². The summed E-state index contributed by atoms with van der Waals surface area (Å²) in [5.41, 5.74) is 26.7. The minimum atomic E-state index is 1.16. The van der Waals surface area contributed by atoms with Crippen molar-refractivity contribution in [1.29, 1.82) is 0 Å². The van der Waals surface area contributed by atoms with Gasteiger partial charge in [0.25, 0.3) is 0 Å². The molecule has 7 aromatic heterocycles. The van der Waals surface area contributed by atoms with E-state index in [-0.39, 0.29) is 0 Å². The van der Waals surface area contributed by atoms with Crippen LogP contribution < -0.4 is 0 Å². The first-order valence-corrected chi connectivity index (χ1v) is 41.7. The van der Waals surface area contributed by atoms with Crippen molar-refractivity contribution < 1.29 is 0 Å². The molecule has 0 saturated carbocycles. The summed E-state index contributed by atoms with van der Waals surface area (Å²) in [6.07, 6.45) is 0. The smallest absolute Gasteiger partial charge is 0.0547 e. The van der Waals surface area contributed by atoms with Crippen molar-refractivity contribution in [1.82, 2.24) is 18.3 Å². The maximum Gasteiger partial charge on any atom is 0.0547 e. The lowest BCUT2D eigenvalue weighted by Gasteiger charge is -2.13. The molecule has 25 aromatic rings. The zero-order chi connectivity index (χ0) is 75.3. The molecule has 0 fully saturated rings. The van der Waals surface area contributed by atoms with Crippen LogP contribution in [0.15, 0.2) is 400 Å². The van der Waals surface area contributed by atoms with Gasteiger partial charge in [-0.3, -0.25) is 0 Å². The van der Waals surface area contributed by atoms with Gasteiger partial charge in [0, 0.05) is 143 Å². The summed E-state index contributed by atoms with van der Waals surface area (Å²) < 4.78 is 17.7. The van der Waals surface area contributed by atoms with Gasteiger partial charge in [-0.15, -0.1) is 34.0 Å². The number of hydrogen-bond acceptors (Lipinski definition) is 3. The first-order chi connectivity index (χ1) is 57.1. The maximum absolute atomic E-state index is 2.51. The molecule has 0 aliphatic rings. The molecule has 0 aliphatic carbocycles. The van der Waals surface area contributed by atoms with E-state index in [9.17, 15) is 0 Å². The van der Waals surface area contributed by atoms with Gasteiger partial charge < -0.3 is 18.3 Å². The highest BCUT2D eigenvalue weighted by Crippen LogP contribution is 2.51. The summed E-state index contributed by atoms with van der Waals surface area (Å²) in [5.74, 6) is 0. The third kappa shape index (κ3) is 10.3. The van der Waals surface area contributed by atoms with Gasteiger partial charge in [0.15, 0.2) is 0 Å². The monoisotopic (exact) mass is 1510 g/mol. The largest absolute Gasteiger partial charge is 0.309 e. The number of thiophene rings is 3. The fourth-order valence-electron chi connectivity index (χ4n) is 18.8. The van der Waals surface area contributed by atoms with E-state index in [0.29, 0.717) is 0 Å². The van der Waals surface area contributed by atoms with E-state index in [1.54, 1.807) is 0 Å². The summed E-state index contributed by atoms with van der Waals surface area (Å²) in [6.45, 7) is 0. The molecular formula is C108H66N4S3. The Bertz CT molecular complexity index is 8290. The summed E-state index contributed by atoms with van der Waals surface area (Å²) in [5, 5.41) is 17.9. The van der Waals surface area contributed by atoms with Crippen molar-refractivity contribution in [2.24, 2.45) is 0 Å². The normalized spacial score (nSPS) is 12.0. The molecule has 0 radical (unpaired) electrons. The Kier molecular flexibility index (Phi) is 14.9.